The molecule has 0 bridgehead atoms. The second-order valence-corrected chi connectivity index (χ2v) is 12.4. The number of nitrogens with zero attached hydrogens (tertiary/aromatic N) is 5. The van der Waals surface area contributed by atoms with E-state index in [2.05, 4.69) is 6.07 Å². The van der Waals surface area contributed by atoms with Gasteiger partial charge in [-0.3, -0.25) is 4.90 Å². The Morgan fingerprint density at radius 3 is 2.24 bits per heavy atom. The summed E-state index contributed by atoms with van der Waals surface area (Å²) < 4.78 is 13.3. The lowest BCUT2D eigenvalue weighted by atomic mass is 9.98. The quantitative estimate of drug-likeness (QED) is 0.319. The number of benzene rings is 2. The number of hydrogen-bond acceptors (Lipinski definition) is 8. The van der Waals surface area contributed by atoms with Crippen molar-refractivity contribution in [3.63, 3.8) is 0 Å². The van der Waals surface area contributed by atoms with E-state index in [-0.39, 0.29) is 17.6 Å². The van der Waals surface area contributed by atoms with Crippen LogP contribution >= 0.6 is 0 Å². The van der Waals surface area contributed by atoms with Crippen LogP contribution in [0.4, 0.5) is 10.6 Å². The molecule has 10 nitrogen and oxygen atoms in total. The predicted molar refractivity (Wildman–Crippen MR) is 159 cm³/mol. The molecule has 1 unspecified atom stereocenters. The highest BCUT2D eigenvalue weighted by Gasteiger charge is 2.35. The fourth-order valence-corrected chi connectivity index (χ4v) is 4.49. The summed E-state index contributed by atoms with van der Waals surface area (Å²) in [6.07, 6.45) is 0.847. The largest absolute Gasteiger partial charge is 0.457 e. The van der Waals surface area contributed by atoms with Gasteiger partial charge in [0.1, 0.15) is 34.4 Å². The van der Waals surface area contributed by atoms with Crippen LogP contribution in [0.25, 0.3) is 11.3 Å². The first-order valence-corrected chi connectivity index (χ1v) is 14.1. The van der Waals surface area contributed by atoms with Gasteiger partial charge in [-0.05, 0) is 90.8 Å². The first-order valence-electron chi connectivity index (χ1n) is 14.1. The molecule has 10 heteroatoms. The number of rotatable bonds is 6. The van der Waals surface area contributed by atoms with Crippen molar-refractivity contribution in [2.75, 3.05) is 25.0 Å². The number of hydrogen-bond donors (Lipinski definition) is 0. The molecule has 1 aliphatic rings. The molecule has 4 rings (SSSR count). The van der Waals surface area contributed by atoms with Crippen LogP contribution in [-0.4, -0.2) is 52.6 Å². The van der Waals surface area contributed by atoms with Crippen LogP contribution in [0.3, 0.4) is 0 Å². The summed E-state index contributed by atoms with van der Waals surface area (Å²) in [5, 5.41) is 16.9. The molecular formula is C32H39N5O5. The van der Waals surface area contributed by atoms with Gasteiger partial charge in [-0.25, -0.2) is 14.3 Å². The monoisotopic (exact) mass is 573 g/mol. The van der Waals surface area contributed by atoms with Crippen molar-refractivity contribution in [2.45, 2.75) is 66.0 Å². The van der Waals surface area contributed by atoms with Crippen LogP contribution in [0.15, 0.2) is 54.6 Å². The van der Waals surface area contributed by atoms with Crippen LogP contribution in [0, 0.1) is 16.7 Å². The Hall–Kier alpha value is -4.36. The molecule has 1 aliphatic heterocycles. The molecule has 3 aromatic rings. The Morgan fingerprint density at radius 1 is 1.00 bits per heavy atom. The highest BCUT2D eigenvalue weighted by atomic mass is 16.7. The number of hydroxylamine groups is 2. The van der Waals surface area contributed by atoms with Gasteiger partial charge in [0.15, 0.2) is 5.82 Å². The topological polar surface area (TPSA) is 110 Å². The molecule has 0 aliphatic carbocycles. The first-order chi connectivity index (χ1) is 19.8. The molecule has 222 valence electrons. The number of piperidine rings is 1. The molecule has 42 heavy (non-hydrogen) atoms. The zero-order valence-corrected chi connectivity index (χ0v) is 25.4. The van der Waals surface area contributed by atoms with Crippen molar-refractivity contribution >= 4 is 17.9 Å². The summed E-state index contributed by atoms with van der Waals surface area (Å²) in [7, 11) is 1.57. The third kappa shape index (κ3) is 7.28. The van der Waals surface area contributed by atoms with Crippen LogP contribution in [0.5, 0.6) is 11.5 Å². The Kier molecular flexibility index (Phi) is 8.92. The minimum atomic E-state index is -0.733. The van der Waals surface area contributed by atoms with Gasteiger partial charge in [-0.15, -0.1) is 5.06 Å². The number of aromatic nitrogens is 2. The summed E-state index contributed by atoms with van der Waals surface area (Å²) >= 11 is 0. The van der Waals surface area contributed by atoms with Crippen LogP contribution in [0.2, 0.25) is 0 Å². The molecule has 1 amide bonds. The average molecular weight is 574 g/mol. The standard InChI is InChI=1S/C32H39N5O5/c1-31(2,3)29(38)42-36-19-11-12-23(21-36)37-28(35(7)30(39)41-32(4,5)6)26(20-33)27(34-37)22-15-17-25(18-16-22)40-24-13-9-8-10-14-24/h8-10,13-18,23H,11-12,19,21H2,1-7H3. The Labute approximate surface area is 247 Å². The summed E-state index contributed by atoms with van der Waals surface area (Å²) in [5.74, 6) is 1.34. The van der Waals surface area contributed by atoms with Crippen LogP contribution < -0.4 is 9.64 Å². The molecule has 2 aromatic carbocycles. The predicted octanol–water partition coefficient (Wildman–Crippen LogP) is 6.73. The summed E-state index contributed by atoms with van der Waals surface area (Å²) in [6.45, 7) is 11.7. The Balaban J connectivity index is 1.71. The highest BCUT2D eigenvalue weighted by molar-refractivity contribution is 5.90. The lowest BCUT2D eigenvalue weighted by molar-refractivity contribution is -0.207. The van der Waals surface area contributed by atoms with Crippen molar-refractivity contribution in [3.8, 4) is 28.8 Å². The van der Waals surface area contributed by atoms with Crippen molar-refractivity contribution in [3.05, 3.63) is 60.2 Å². The van der Waals surface area contributed by atoms with E-state index in [1.807, 2.05) is 54.6 Å². The van der Waals surface area contributed by atoms with Gasteiger partial charge in [0.05, 0.1) is 18.0 Å². The third-order valence-corrected chi connectivity index (χ3v) is 6.62. The number of anilines is 1. The number of nitriles is 1. The summed E-state index contributed by atoms with van der Waals surface area (Å²) in [5.41, 5.74) is -0.0279. The minimum Gasteiger partial charge on any atom is -0.457 e. The van der Waals surface area contributed by atoms with E-state index in [0.29, 0.717) is 48.1 Å². The van der Waals surface area contributed by atoms with Crippen molar-refractivity contribution < 1.29 is 23.9 Å². The van der Waals surface area contributed by atoms with Crippen molar-refractivity contribution in [1.82, 2.24) is 14.8 Å². The maximum absolute atomic E-state index is 13.2. The molecule has 0 saturated carbocycles. The smallest absolute Gasteiger partial charge is 0.415 e. The van der Waals surface area contributed by atoms with Crippen LogP contribution in [0.1, 0.15) is 66.0 Å². The zero-order chi connectivity index (χ0) is 30.7. The molecule has 0 spiro atoms. The highest BCUT2D eigenvalue weighted by Crippen LogP contribution is 2.37. The van der Waals surface area contributed by atoms with E-state index in [1.54, 1.807) is 58.3 Å². The lowest BCUT2D eigenvalue weighted by Gasteiger charge is -2.34. The van der Waals surface area contributed by atoms with Gasteiger partial charge in [0, 0.05) is 19.2 Å². The van der Waals surface area contributed by atoms with Gasteiger partial charge in [-0.2, -0.15) is 10.4 Å². The number of carbonyl (C=O) groups excluding carboxylic acids is 2. The number of ether oxygens (including phenoxy) is 2. The molecule has 0 radical (unpaired) electrons. The van der Waals surface area contributed by atoms with Gasteiger partial charge >= 0.3 is 12.1 Å². The van der Waals surface area contributed by atoms with E-state index in [9.17, 15) is 14.9 Å². The normalized spacial score (nSPS) is 15.9. The Morgan fingerprint density at radius 2 is 1.64 bits per heavy atom. The van der Waals surface area contributed by atoms with E-state index in [1.165, 1.54) is 4.90 Å². The maximum Gasteiger partial charge on any atom is 0.415 e. The van der Waals surface area contributed by atoms with E-state index in [0.717, 1.165) is 6.42 Å². The fourth-order valence-electron chi connectivity index (χ4n) is 4.49. The fraction of sp³-hybridized carbons (Fsp3) is 0.438. The van der Waals surface area contributed by atoms with E-state index < -0.39 is 17.1 Å². The van der Waals surface area contributed by atoms with Gasteiger partial charge < -0.3 is 14.3 Å². The van der Waals surface area contributed by atoms with E-state index >= 15 is 0 Å². The molecule has 1 saturated heterocycles. The molecule has 1 aromatic heterocycles. The van der Waals surface area contributed by atoms with Gasteiger partial charge in [-0.1, -0.05) is 18.2 Å². The van der Waals surface area contributed by atoms with Gasteiger partial charge in [0.25, 0.3) is 0 Å². The molecule has 1 atom stereocenters. The third-order valence-electron chi connectivity index (χ3n) is 6.62. The average Bonchev–Trinajstić information content (AvgIpc) is 3.32. The number of amides is 1. The number of carbonyl (C=O) groups is 2. The minimum absolute atomic E-state index is 0.240. The Bertz CT molecular complexity index is 1450. The molecule has 1 fully saturated rings. The van der Waals surface area contributed by atoms with E-state index in [4.69, 9.17) is 19.4 Å². The van der Waals surface area contributed by atoms with Gasteiger partial charge in [0.2, 0.25) is 0 Å². The molecule has 2 heterocycles. The summed E-state index contributed by atoms with van der Waals surface area (Å²) in [6, 6.07) is 18.8. The summed E-state index contributed by atoms with van der Waals surface area (Å²) in [4.78, 5) is 32.8. The lowest BCUT2D eigenvalue weighted by Crippen LogP contribution is -2.42. The second kappa shape index (κ2) is 12.2. The first kappa shape index (κ1) is 30.6. The van der Waals surface area contributed by atoms with Crippen LogP contribution in [-0.2, 0) is 14.4 Å². The second-order valence-electron chi connectivity index (χ2n) is 12.4. The zero-order valence-electron chi connectivity index (χ0n) is 25.4. The number of para-hydroxylation sites is 1. The SMILES string of the molecule is CN(C(=O)OC(C)(C)C)c1c(C#N)c(-c2ccc(Oc3ccccc3)cc2)nn1C1CCCN(OC(=O)C(C)(C)C)C1. The van der Waals surface area contributed by atoms with Crippen molar-refractivity contribution in [2.24, 2.45) is 5.41 Å². The maximum atomic E-state index is 13.2. The molecule has 0 N–H and O–H groups in total. The van der Waals surface area contributed by atoms with Crippen molar-refractivity contribution in [1.29, 1.82) is 5.26 Å². The molecular weight excluding hydrogens is 534 g/mol.